The summed E-state index contributed by atoms with van der Waals surface area (Å²) in [6, 6.07) is 0.573. The molecule has 5 heteroatoms. The van der Waals surface area contributed by atoms with E-state index in [1.807, 2.05) is 0 Å². The van der Waals surface area contributed by atoms with Gasteiger partial charge < -0.3 is 11.2 Å². The van der Waals surface area contributed by atoms with Crippen LogP contribution in [0.2, 0.25) is 0 Å². The van der Waals surface area contributed by atoms with E-state index in [4.69, 9.17) is 5.73 Å². The summed E-state index contributed by atoms with van der Waals surface area (Å²) < 4.78 is 0. The van der Waals surface area contributed by atoms with Gasteiger partial charge in [0.1, 0.15) is 0 Å². The summed E-state index contributed by atoms with van der Waals surface area (Å²) in [5.41, 5.74) is 5.66. The van der Waals surface area contributed by atoms with Crippen LogP contribution in [0.4, 0.5) is 0 Å². The van der Waals surface area contributed by atoms with Crippen LogP contribution in [0.1, 0.15) is 19.3 Å². The molecule has 0 saturated heterocycles. The van der Waals surface area contributed by atoms with Crippen LogP contribution in [-0.2, 0) is 0 Å². The molecule has 2 atom stereocenters. The molecule has 2 saturated carbocycles. The normalized spacial score (nSPS) is 31.9. The fraction of sp³-hybridized carbons (Fsp3) is 1.00. The molecule has 0 aromatic heterocycles. The van der Waals surface area contributed by atoms with Gasteiger partial charge in [-0.15, -0.1) is 12.4 Å². The Balaban J connectivity index is 0. The van der Waals surface area contributed by atoms with Crippen molar-refractivity contribution in [1.82, 2.24) is 0 Å². The third-order valence-corrected chi connectivity index (χ3v) is 2.28. The van der Waals surface area contributed by atoms with Gasteiger partial charge in [0.2, 0.25) is 0 Å². The first kappa shape index (κ1) is 13.7. The monoisotopic (exact) mass is 183 g/mol. The molecule has 0 amide bonds. The minimum Gasteiger partial charge on any atom is -0.412 e. The van der Waals surface area contributed by atoms with Crippen molar-refractivity contribution in [3.8, 4) is 0 Å². The molecule has 11 heavy (non-hydrogen) atoms. The van der Waals surface area contributed by atoms with Gasteiger partial charge >= 0.3 is 0 Å². The Morgan fingerprint density at radius 3 is 1.45 bits per heavy atom. The van der Waals surface area contributed by atoms with Gasteiger partial charge in [-0.25, -0.2) is 0 Å². The lowest BCUT2D eigenvalue weighted by molar-refractivity contribution is 0.614. The summed E-state index contributed by atoms with van der Waals surface area (Å²) in [4.78, 5) is 0. The van der Waals surface area contributed by atoms with Crippen LogP contribution >= 0.6 is 12.4 Å². The lowest BCUT2D eigenvalue weighted by atomic mass is 10.2. The lowest BCUT2D eigenvalue weighted by Crippen LogP contribution is -2.16. The summed E-state index contributed by atoms with van der Waals surface area (Å²) >= 11 is 0. The molecular weight excluding hydrogens is 166 g/mol. The van der Waals surface area contributed by atoms with Gasteiger partial charge in [0.05, 0.1) is 0 Å². The molecule has 0 bridgehead atoms. The number of halogens is 1. The Bertz CT molecular complexity index is 93.8. The van der Waals surface area contributed by atoms with Crippen molar-refractivity contribution in [2.24, 2.45) is 29.3 Å². The van der Waals surface area contributed by atoms with Crippen molar-refractivity contribution in [1.29, 1.82) is 0 Å². The topological polar surface area (TPSA) is 110 Å². The molecule has 0 unspecified atom stereocenters. The molecule has 2 aliphatic rings. The van der Waals surface area contributed by atoms with E-state index >= 15 is 0 Å². The van der Waals surface area contributed by atoms with Gasteiger partial charge in [0.15, 0.2) is 0 Å². The Hall–Kier alpha value is 0.130. The summed E-state index contributed by atoms with van der Waals surface area (Å²) in [6.07, 6.45) is 4.14. The lowest BCUT2D eigenvalue weighted by Gasteiger charge is -1.99. The van der Waals surface area contributed by atoms with Crippen molar-refractivity contribution >= 4 is 12.4 Å². The van der Waals surface area contributed by atoms with Crippen LogP contribution in [-0.4, -0.2) is 11.5 Å². The number of rotatable bonds is 0. The zero-order chi connectivity index (χ0) is 6.85. The average molecular weight is 184 g/mol. The predicted octanol–water partition coefficient (Wildman–Crippen LogP) is -0.841. The van der Waals surface area contributed by atoms with Crippen molar-refractivity contribution in [3.63, 3.8) is 0 Å². The molecule has 0 heterocycles. The second kappa shape index (κ2) is 5.74. The SMILES string of the molecule is Cl.NC1C[C@H]2C[C@@H]2C1.NN.O. The van der Waals surface area contributed by atoms with Crippen LogP contribution in [0, 0.1) is 11.8 Å². The van der Waals surface area contributed by atoms with Crippen LogP contribution in [0.3, 0.4) is 0 Å². The summed E-state index contributed by atoms with van der Waals surface area (Å²) in [5.74, 6) is 10.1. The van der Waals surface area contributed by atoms with Crippen LogP contribution in [0.5, 0.6) is 0 Å². The molecular formula is C6H18ClN3O. The van der Waals surface area contributed by atoms with E-state index in [9.17, 15) is 0 Å². The van der Waals surface area contributed by atoms with Gasteiger partial charge in [-0.1, -0.05) is 0 Å². The Morgan fingerprint density at radius 2 is 1.27 bits per heavy atom. The molecule has 2 fully saturated rings. The molecule has 0 radical (unpaired) electrons. The first-order chi connectivity index (χ1) is 4.36. The van der Waals surface area contributed by atoms with Crippen LogP contribution in [0.15, 0.2) is 0 Å². The van der Waals surface area contributed by atoms with Gasteiger partial charge in [0.25, 0.3) is 0 Å². The van der Waals surface area contributed by atoms with Crippen molar-refractivity contribution < 1.29 is 5.48 Å². The second-order valence-electron chi connectivity index (χ2n) is 2.99. The van der Waals surface area contributed by atoms with Gasteiger partial charge in [-0.05, 0) is 31.1 Å². The first-order valence-electron chi connectivity index (χ1n) is 3.45. The predicted molar refractivity (Wildman–Crippen MR) is 48.0 cm³/mol. The highest BCUT2D eigenvalue weighted by Crippen LogP contribution is 2.50. The maximum Gasteiger partial charge on any atom is 0.00443 e. The molecule has 0 aromatic rings. The van der Waals surface area contributed by atoms with Crippen molar-refractivity contribution in [3.05, 3.63) is 0 Å². The third kappa shape index (κ3) is 3.35. The molecule has 70 valence electrons. The van der Waals surface area contributed by atoms with E-state index in [2.05, 4.69) is 11.7 Å². The quantitative estimate of drug-likeness (QED) is 0.337. The zero-order valence-electron chi connectivity index (χ0n) is 6.49. The Labute approximate surface area is 73.2 Å². The number of hydrogen-bond donors (Lipinski definition) is 3. The molecule has 0 spiro atoms. The molecule has 0 aromatic carbocycles. The van der Waals surface area contributed by atoms with Gasteiger partial charge in [0, 0.05) is 6.04 Å². The second-order valence-corrected chi connectivity index (χ2v) is 2.99. The van der Waals surface area contributed by atoms with Crippen LogP contribution in [0.25, 0.3) is 0 Å². The summed E-state index contributed by atoms with van der Waals surface area (Å²) in [7, 11) is 0. The van der Waals surface area contributed by atoms with E-state index in [-0.39, 0.29) is 17.9 Å². The third-order valence-electron chi connectivity index (χ3n) is 2.28. The molecule has 2 rings (SSSR count). The minimum absolute atomic E-state index is 0. The van der Waals surface area contributed by atoms with E-state index in [0.29, 0.717) is 6.04 Å². The Kier molecular flexibility index (Phi) is 7.15. The highest BCUT2D eigenvalue weighted by Gasteiger charge is 2.44. The number of hydrazine groups is 1. The maximum absolute atomic E-state index is 5.66. The fourth-order valence-electron chi connectivity index (χ4n) is 1.76. The first-order valence-corrected chi connectivity index (χ1v) is 3.45. The van der Waals surface area contributed by atoms with Crippen molar-refractivity contribution in [2.45, 2.75) is 25.3 Å². The number of fused-ring (bicyclic) bond motifs is 1. The fourth-order valence-corrected chi connectivity index (χ4v) is 1.76. The van der Waals surface area contributed by atoms with E-state index in [0.717, 1.165) is 11.8 Å². The zero-order valence-corrected chi connectivity index (χ0v) is 7.31. The standard InChI is InChI=1S/C6H11N.ClH.H4N2.H2O/c7-6-2-4-1-5(4)3-6;;1-2;/h4-6H,1-3,7H2;1H;1-2H2;1H2/t4-,5-;;;/m1.../s1. The van der Waals surface area contributed by atoms with Crippen LogP contribution < -0.4 is 17.4 Å². The molecule has 8 N–H and O–H groups in total. The minimum atomic E-state index is 0. The maximum atomic E-state index is 5.66. The van der Waals surface area contributed by atoms with E-state index in [1.54, 1.807) is 0 Å². The smallest absolute Gasteiger partial charge is 0.00443 e. The molecule has 0 aliphatic heterocycles. The summed E-state index contributed by atoms with van der Waals surface area (Å²) in [6.45, 7) is 0. The summed E-state index contributed by atoms with van der Waals surface area (Å²) in [5, 5.41) is 0. The Morgan fingerprint density at radius 1 is 0.909 bits per heavy atom. The molecule has 4 nitrogen and oxygen atoms in total. The highest BCUT2D eigenvalue weighted by atomic mass is 35.5. The highest BCUT2D eigenvalue weighted by molar-refractivity contribution is 5.85. The van der Waals surface area contributed by atoms with E-state index < -0.39 is 0 Å². The van der Waals surface area contributed by atoms with Crippen molar-refractivity contribution in [2.75, 3.05) is 0 Å². The van der Waals surface area contributed by atoms with Gasteiger partial charge in [-0.3, -0.25) is 11.7 Å². The van der Waals surface area contributed by atoms with Gasteiger partial charge in [-0.2, -0.15) is 0 Å². The average Bonchev–Trinajstić information content (AvgIpc) is 2.46. The molecule has 2 aliphatic carbocycles. The number of hydrogen-bond acceptors (Lipinski definition) is 3. The largest absolute Gasteiger partial charge is 0.412 e. The number of nitrogens with two attached hydrogens (primary N) is 3. The van der Waals surface area contributed by atoms with E-state index in [1.165, 1.54) is 19.3 Å².